The number of hydrogen-bond donors (Lipinski definition) is 1. The Labute approximate surface area is 142 Å². The Kier molecular flexibility index (Phi) is 4.62. The van der Waals surface area contributed by atoms with E-state index in [1.165, 1.54) is 5.69 Å². The van der Waals surface area contributed by atoms with Crippen molar-refractivity contribution < 1.29 is 9.84 Å². The molecule has 128 valence electrons. The van der Waals surface area contributed by atoms with Gasteiger partial charge in [0.05, 0.1) is 31.2 Å². The summed E-state index contributed by atoms with van der Waals surface area (Å²) in [4.78, 5) is 8.92. The molecule has 2 aromatic heterocycles. The first-order valence-electron chi connectivity index (χ1n) is 8.60. The van der Waals surface area contributed by atoms with Crippen LogP contribution in [0.15, 0.2) is 42.9 Å². The lowest BCUT2D eigenvalue weighted by molar-refractivity contribution is -0.00618. The molecule has 2 aromatic rings. The Morgan fingerprint density at radius 1 is 1.17 bits per heavy atom. The average Bonchev–Trinajstić information content (AvgIpc) is 3.23. The molecule has 0 amide bonds. The predicted molar refractivity (Wildman–Crippen MR) is 91.0 cm³/mol. The first-order valence-corrected chi connectivity index (χ1v) is 8.60. The van der Waals surface area contributed by atoms with Crippen LogP contribution in [0.5, 0.6) is 0 Å². The maximum Gasteiger partial charge on any atom is 0.0834 e. The van der Waals surface area contributed by atoms with Crippen molar-refractivity contribution in [2.24, 2.45) is 0 Å². The lowest BCUT2D eigenvalue weighted by Crippen LogP contribution is -2.48. The molecule has 0 spiro atoms. The summed E-state index contributed by atoms with van der Waals surface area (Å²) in [6.45, 7) is 5.84. The van der Waals surface area contributed by atoms with Crippen LogP contribution in [-0.2, 0) is 11.3 Å². The van der Waals surface area contributed by atoms with E-state index in [1.807, 2.05) is 12.3 Å². The van der Waals surface area contributed by atoms with Crippen LogP contribution in [0.25, 0.3) is 5.69 Å². The first kappa shape index (κ1) is 15.8. The molecule has 4 rings (SSSR count). The van der Waals surface area contributed by atoms with Crippen molar-refractivity contribution in [3.05, 3.63) is 48.5 Å². The highest BCUT2D eigenvalue weighted by Crippen LogP contribution is 2.21. The lowest BCUT2D eigenvalue weighted by atomic mass is 10.2. The molecule has 0 radical (unpaired) electrons. The fraction of sp³-hybridized carbons (Fsp3) is 0.500. The molecular formula is C18H24N4O2. The van der Waals surface area contributed by atoms with E-state index >= 15 is 0 Å². The van der Waals surface area contributed by atoms with Crippen LogP contribution in [0.2, 0.25) is 0 Å². The molecule has 0 aromatic carbocycles. The first-order chi connectivity index (χ1) is 11.8. The summed E-state index contributed by atoms with van der Waals surface area (Å²) < 4.78 is 7.59. The molecule has 2 aliphatic rings. The van der Waals surface area contributed by atoms with Gasteiger partial charge in [-0.1, -0.05) is 0 Å². The van der Waals surface area contributed by atoms with E-state index < -0.39 is 0 Å². The van der Waals surface area contributed by atoms with Gasteiger partial charge in [0.15, 0.2) is 0 Å². The molecule has 1 N–H and O–H groups in total. The van der Waals surface area contributed by atoms with Crippen molar-refractivity contribution in [3.8, 4) is 5.69 Å². The molecule has 2 aliphatic heterocycles. The minimum absolute atomic E-state index is 0.218. The number of aliphatic hydroxyl groups is 1. The quantitative estimate of drug-likeness (QED) is 0.898. The van der Waals surface area contributed by atoms with E-state index in [2.05, 4.69) is 43.7 Å². The maximum absolute atomic E-state index is 10.5. The number of nitrogens with zero attached hydrogens (tertiary/aromatic N) is 4. The van der Waals surface area contributed by atoms with E-state index in [0.717, 1.165) is 51.6 Å². The summed E-state index contributed by atoms with van der Waals surface area (Å²) >= 11 is 0. The fourth-order valence-corrected chi connectivity index (χ4v) is 3.77. The van der Waals surface area contributed by atoms with Gasteiger partial charge in [-0.05, 0) is 24.3 Å². The highest BCUT2D eigenvalue weighted by atomic mass is 16.5. The van der Waals surface area contributed by atoms with Crippen molar-refractivity contribution in [2.75, 3.05) is 39.4 Å². The van der Waals surface area contributed by atoms with Crippen LogP contribution in [-0.4, -0.2) is 76.0 Å². The molecule has 0 aliphatic carbocycles. The zero-order valence-corrected chi connectivity index (χ0v) is 13.8. The van der Waals surface area contributed by atoms with Gasteiger partial charge in [0.1, 0.15) is 0 Å². The third kappa shape index (κ3) is 3.23. The minimum Gasteiger partial charge on any atom is -0.390 e. The van der Waals surface area contributed by atoms with Gasteiger partial charge in [-0.15, -0.1) is 0 Å². The number of β-amino-alcohol motifs (C(OH)–C–C–N with tert-alkyl or cyclic N) is 1. The second-order valence-electron chi connectivity index (χ2n) is 6.56. The van der Waals surface area contributed by atoms with Gasteiger partial charge in [0.25, 0.3) is 0 Å². The lowest BCUT2D eigenvalue weighted by Gasteiger charge is -2.33. The minimum atomic E-state index is -0.287. The topological polar surface area (TPSA) is 53.8 Å². The van der Waals surface area contributed by atoms with Gasteiger partial charge in [-0.2, -0.15) is 0 Å². The average molecular weight is 328 g/mol. The zero-order valence-electron chi connectivity index (χ0n) is 13.8. The third-order valence-corrected chi connectivity index (χ3v) is 4.99. The fourth-order valence-electron chi connectivity index (χ4n) is 3.77. The number of ether oxygens (including phenoxy) is 1. The molecule has 2 saturated heterocycles. The Bertz CT molecular complexity index is 654. The van der Waals surface area contributed by atoms with Crippen LogP contribution in [0.1, 0.15) is 5.69 Å². The highest BCUT2D eigenvalue weighted by Gasteiger charge is 2.36. The molecule has 2 atom stereocenters. The van der Waals surface area contributed by atoms with Crippen molar-refractivity contribution in [1.29, 1.82) is 0 Å². The maximum atomic E-state index is 10.5. The number of likely N-dealkylation sites (tertiary alicyclic amines) is 1. The van der Waals surface area contributed by atoms with Gasteiger partial charge in [0.2, 0.25) is 0 Å². The molecular weight excluding hydrogens is 304 g/mol. The smallest absolute Gasteiger partial charge is 0.0834 e. The molecule has 2 fully saturated rings. The van der Waals surface area contributed by atoms with Crippen molar-refractivity contribution in [3.63, 3.8) is 0 Å². The summed E-state index contributed by atoms with van der Waals surface area (Å²) in [6.07, 6.45) is 5.44. The van der Waals surface area contributed by atoms with Gasteiger partial charge >= 0.3 is 0 Å². The van der Waals surface area contributed by atoms with Crippen LogP contribution >= 0.6 is 0 Å². The SMILES string of the molecule is O[C@@H]1CN(Cc2cccn2-c2cccnc2)C[C@H]1N1CCOCC1. The summed E-state index contributed by atoms with van der Waals surface area (Å²) in [5, 5.41) is 10.5. The molecule has 6 nitrogen and oxygen atoms in total. The van der Waals surface area contributed by atoms with Gasteiger partial charge in [-0.3, -0.25) is 14.8 Å². The number of morpholine rings is 1. The Balaban J connectivity index is 1.44. The van der Waals surface area contributed by atoms with Crippen molar-refractivity contribution in [2.45, 2.75) is 18.7 Å². The number of pyridine rings is 1. The summed E-state index contributed by atoms with van der Waals surface area (Å²) in [6, 6.07) is 8.44. The molecule has 0 saturated carbocycles. The van der Waals surface area contributed by atoms with E-state index in [4.69, 9.17) is 4.74 Å². The predicted octanol–water partition coefficient (Wildman–Crippen LogP) is 0.750. The molecule has 0 unspecified atom stereocenters. The molecule has 0 bridgehead atoms. The molecule has 24 heavy (non-hydrogen) atoms. The van der Waals surface area contributed by atoms with E-state index in [0.29, 0.717) is 0 Å². The van der Waals surface area contributed by atoms with E-state index in [-0.39, 0.29) is 12.1 Å². The van der Waals surface area contributed by atoms with Crippen LogP contribution in [0.3, 0.4) is 0 Å². The second-order valence-corrected chi connectivity index (χ2v) is 6.56. The largest absolute Gasteiger partial charge is 0.390 e. The second kappa shape index (κ2) is 7.03. The standard InChI is InChI=1S/C18H24N4O2/c23-18-14-20(13-17(18)21-7-9-24-10-8-21)12-16-4-2-6-22(16)15-3-1-5-19-11-15/h1-6,11,17-18,23H,7-10,12-14H2/t17-,18-/m1/s1. The Morgan fingerprint density at radius 2 is 2.04 bits per heavy atom. The van der Waals surface area contributed by atoms with Crippen LogP contribution < -0.4 is 0 Å². The van der Waals surface area contributed by atoms with Crippen molar-refractivity contribution >= 4 is 0 Å². The summed E-state index contributed by atoms with van der Waals surface area (Å²) in [5.41, 5.74) is 2.29. The van der Waals surface area contributed by atoms with Crippen LogP contribution in [0, 0.1) is 0 Å². The third-order valence-electron chi connectivity index (χ3n) is 4.99. The molecule has 6 heteroatoms. The monoisotopic (exact) mass is 328 g/mol. The highest BCUT2D eigenvalue weighted by molar-refractivity contribution is 5.32. The Morgan fingerprint density at radius 3 is 2.83 bits per heavy atom. The Hall–Kier alpha value is -1.73. The van der Waals surface area contributed by atoms with E-state index in [9.17, 15) is 5.11 Å². The normalized spacial score (nSPS) is 26.0. The number of rotatable bonds is 4. The van der Waals surface area contributed by atoms with Gasteiger partial charge in [-0.25, -0.2) is 0 Å². The number of aliphatic hydroxyl groups excluding tert-OH is 1. The number of aromatic nitrogens is 2. The molecule has 4 heterocycles. The zero-order chi connectivity index (χ0) is 16.4. The van der Waals surface area contributed by atoms with Gasteiger partial charge in [0, 0.05) is 56.9 Å². The van der Waals surface area contributed by atoms with Crippen LogP contribution in [0.4, 0.5) is 0 Å². The summed E-state index contributed by atoms with van der Waals surface area (Å²) in [5.74, 6) is 0. The van der Waals surface area contributed by atoms with Crippen molar-refractivity contribution in [1.82, 2.24) is 19.4 Å². The number of hydrogen-bond acceptors (Lipinski definition) is 5. The summed E-state index contributed by atoms with van der Waals surface area (Å²) in [7, 11) is 0. The van der Waals surface area contributed by atoms with Gasteiger partial charge < -0.3 is 14.4 Å². The van der Waals surface area contributed by atoms with E-state index in [1.54, 1.807) is 6.20 Å².